The summed E-state index contributed by atoms with van der Waals surface area (Å²) >= 11 is 0. The van der Waals surface area contributed by atoms with E-state index in [0.717, 1.165) is 6.42 Å². The lowest BCUT2D eigenvalue weighted by Gasteiger charge is -2.19. The van der Waals surface area contributed by atoms with Crippen molar-refractivity contribution in [3.8, 4) is 0 Å². The number of carbonyl (C=O) groups is 2. The van der Waals surface area contributed by atoms with Crippen LogP contribution in [0.25, 0.3) is 0 Å². The quantitative estimate of drug-likeness (QED) is 0.725. The molecule has 2 atom stereocenters. The van der Waals surface area contributed by atoms with E-state index >= 15 is 0 Å². The number of ketones is 1. The van der Waals surface area contributed by atoms with Gasteiger partial charge in [-0.1, -0.05) is 50.6 Å². The van der Waals surface area contributed by atoms with Crippen LogP contribution in [0.3, 0.4) is 0 Å². The summed E-state index contributed by atoms with van der Waals surface area (Å²) in [5.74, 6) is -1.01. The van der Waals surface area contributed by atoms with E-state index in [2.05, 4.69) is 5.32 Å². The maximum atomic E-state index is 11.8. The molecule has 4 heteroatoms. The Hall–Kier alpha value is -1.68. The standard InChI is InChI=1S/C14H19NO3/c1-3-10(2)13(14(17)18)15-9-12(16)11-7-5-4-6-8-11/h4-8,10,13,15H,3,9H2,1-2H3,(H,17,18). The van der Waals surface area contributed by atoms with Gasteiger partial charge in [0.15, 0.2) is 5.78 Å². The van der Waals surface area contributed by atoms with Gasteiger partial charge in [-0.25, -0.2) is 0 Å². The van der Waals surface area contributed by atoms with Gasteiger partial charge < -0.3 is 5.11 Å². The Bertz CT molecular complexity index is 403. The molecule has 2 N–H and O–H groups in total. The number of carbonyl (C=O) groups excluding carboxylic acids is 1. The number of hydrogen-bond donors (Lipinski definition) is 2. The number of nitrogens with one attached hydrogen (secondary N) is 1. The second-order valence-electron chi connectivity index (χ2n) is 4.37. The lowest BCUT2D eigenvalue weighted by molar-refractivity contribution is -0.140. The van der Waals surface area contributed by atoms with Gasteiger partial charge in [-0.15, -0.1) is 0 Å². The van der Waals surface area contributed by atoms with E-state index in [0.29, 0.717) is 5.56 Å². The van der Waals surface area contributed by atoms with E-state index in [4.69, 9.17) is 5.11 Å². The number of rotatable bonds is 7. The molecule has 0 amide bonds. The Labute approximate surface area is 107 Å². The molecule has 1 aromatic rings. The molecule has 18 heavy (non-hydrogen) atoms. The molecule has 0 spiro atoms. The fourth-order valence-corrected chi connectivity index (χ4v) is 1.70. The van der Waals surface area contributed by atoms with Gasteiger partial charge in [0.25, 0.3) is 0 Å². The Balaban J connectivity index is 2.58. The van der Waals surface area contributed by atoms with E-state index in [1.165, 1.54) is 0 Å². The molecule has 0 saturated heterocycles. The first-order valence-corrected chi connectivity index (χ1v) is 6.10. The molecule has 0 aliphatic rings. The molecule has 2 unspecified atom stereocenters. The van der Waals surface area contributed by atoms with E-state index in [9.17, 15) is 9.59 Å². The number of benzene rings is 1. The monoisotopic (exact) mass is 249 g/mol. The molecule has 4 nitrogen and oxygen atoms in total. The van der Waals surface area contributed by atoms with Crippen molar-refractivity contribution in [1.29, 1.82) is 0 Å². The molecule has 0 radical (unpaired) electrons. The molecule has 1 aromatic carbocycles. The van der Waals surface area contributed by atoms with Crippen LogP contribution >= 0.6 is 0 Å². The van der Waals surface area contributed by atoms with Gasteiger partial charge in [-0.3, -0.25) is 14.9 Å². The summed E-state index contributed by atoms with van der Waals surface area (Å²) < 4.78 is 0. The Morgan fingerprint density at radius 2 is 1.89 bits per heavy atom. The summed E-state index contributed by atoms with van der Waals surface area (Å²) in [6, 6.07) is 8.19. The van der Waals surface area contributed by atoms with E-state index < -0.39 is 12.0 Å². The van der Waals surface area contributed by atoms with Crippen LogP contribution in [0.5, 0.6) is 0 Å². The largest absolute Gasteiger partial charge is 0.480 e. The number of carboxylic acid groups (broad SMARTS) is 1. The van der Waals surface area contributed by atoms with Crippen LogP contribution in [0.1, 0.15) is 30.6 Å². The molecule has 98 valence electrons. The first-order chi connectivity index (χ1) is 8.56. The maximum Gasteiger partial charge on any atom is 0.320 e. The predicted molar refractivity (Wildman–Crippen MR) is 69.7 cm³/mol. The van der Waals surface area contributed by atoms with Crippen molar-refractivity contribution >= 4 is 11.8 Å². The molecule has 0 heterocycles. The topological polar surface area (TPSA) is 66.4 Å². The van der Waals surface area contributed by atoms with Crippen molar-refractivity contribution in [1.82, 2.24) is 5.32 Å². The van der Waals surface area contributed by atoms with Crippen molar-refractivity contribution in [3.05, 3.63) is 35.9 Å². The first kappa shape index (κ1) is 14.4. The molecule has 0 fully saturated rings. The normalized spacial score (nSPS) is 13.9. The number of carboxylic acids is 1. The number of hydrogen-bond acceptors (Lipinski definition) is 3. The summed E-state index contributed by atoms with van der Waals surface area (Å²) in [7, 11) is 0. The molecular weight excluding hydrogens is 230 g/mol. The van der Waals surface area contributed by atoms with Crippen molar-refractivity contribution in [2.45, 2.75) is 26.3 Å². The fourth-order valence-electron chi connectivity index (χ4n) is 1.70. The summed E-state index contributed by atoms with van der Waals surface area (Å²) in [5, 5.41) is 11.9. The average molecular weight is 249 g/mol. The van der Waals surface area contributed by atoms with Crippen molar-refractivity contribution in [3.63, 3.8) is 0 Å². The minimum atomic E-state index is -0.912. The van der Waals surface area contributed by atoms with Gasteiger partial charge in [0.05, 0.1) is 6.54 Å². The van der Waals surface area contributed by atoms with Crippen molar-refractivity contribution in [2.75, 3.05) is 6.54 Å². The van der Waals surface area contributed by atoms with Gasteiger partial charge in [0, 0.05) is 5.56 Å². The third kappa shape index (κ3) is 3.96. The van der Waals surface area contributed by atoms with Crippen molar-refractivity contribution < 1.29 is 14.7 Å². The van der Waals surface area contributed by atoms with Crippen LogP contribution in [0.4, 0.5) is 0 Å². The predicted octanol–water partition coefficient (Wildman–Crippen LogP) is 1.96. The van der Waals surface area contributed by atoms with Gasteiger partial charge in [-0.05, 0) is 5.92 Å². The van der Waals surface area contributed by atoms with Crippen LogP contribution in [-0.4, -0.2) is 29.4 Å². The minimum Gasteiger partial charge on any atom is -0.480 e. The molecule has 0 aromatic heterocycles. The highest BCUT2D eigenvalue weighted by Gasteiger charge is 2.23. The highest BCUT2D eigenvalue weighted by molar-refractivity contribution is 5.97. The van der Waals surface area contributed by atoms with Crippen LogP contribution in [-0.2, 0) is 4.79 Å². The van der Waals surface area contributed by atoms with E-state index in [1.807, 2.05) is 19.9 Å². The Morgan fingerprint density at radius 1 is 1.28 bits per heavy atom. The SMILES string of the molecule is CCC(C)C(NCC(=O)c1ccccc1)C(=O)O. The summed E-state index contributed by atoms with van der Waals surface area (Å²) in [5.41, 5.74) is 0.596. The summed E-state index contributed by atoms with van der Waals surface area (Å²) in [6.45, 7) is 3.84. The second-order valence-corrected chi connectivity index (χ2v) is 4.37. The van der Waals surface area contributed by atoms with E-state index in [1.54, 1.807) is 24.3 Å². The van der Waals surface area contributed by atoms with E-state index in [-0.39, 0.29) is 18.2 Å². The molecular formula is C14H19NO3. The summed E-state index contributed by atoms with van der Waals surface area (Å²) in [4.78, 5) is 22.9. The third-order valence-electron chi connectivity index (χ3n) is 3.06. The van der Waals surface area contributed by atoms with Crippen LogP contribution in [0.2, 0.25) is 0 Å². The molecule has 0 bridgehead atoms. The second kappa shape index (κ2) is 6.91. The van der Waals surface area contributed by atoms with Gasteiger partial charge in [0.1, 0.15) is 6.04 Å². The smallest absolute Gasteiger partial charge is 0.320 e. The Kier molecular flexibility index (Phi) is 5.52. The summed E-state index contributed by atoms with van der Waals surface area (Å²) in [6.07, 6.45) is 0.753. The molecule has 0 saturated carbocycles. The fraction of sp³-hybridized carbons (Fsp3) is 0.429. The third-order valence-corrected chi connectivity index (χ3v) is 3.06. The average Bonchev–Trinajstić information content (AvgIpc) is 2.39. The van der Waals surface area contributed by atoms with Crippen LogP contribution < -0.4 is 5.32 Å². The molecule has 0 aliphatic carbocycles. The van der Waals surface area contributed by atoms with Crippen LogP contribution in [0, 0.1) is 5.92 Å². The Morgan fingerprint density at radius 3 is 2.39 bits per heavy atom. The molecule has 1 rings (SSSR count). The lowest BCUT2D eigenvalue weighted by atomic mass is 9.99. The zero-order chi connectivity index (χ0) is 13.5. The van der Waals surface area contributed by atoms with Crippen LogP contribution in [0.15, 0.2) is 30.3 Å². The minimum absolute atomic E-state index is 0.00827. The zero-order valence-corrected chi connectivity index (χ0v) is 10.7. The highest BCUT2D eigenvalue weighted by atomic mass is 16.4. The number of Topliss-reactive ketones (excluding diaryl/α,β-unsaturated/α-hetero) is 1. The highest BCUT2D eigenvalue weighted by Crippen LogP contribution is 2.08. The van der Waals surface area contributed by atoms with Gasteiger partial charge in [0.2, 0.25) is 0 Å². The number of aliphatic carboxylic acids is 1. The zero-order valence-electron chi connectivity index (χ0n) is 10.7. The van der Waals surface area contributed by atoms with Crippen molar-refractivity contribution in [2.24, 2.45) is 5.92 Å². The lowest BCUT2D eigenvalue weighted by Crippen LogP contribution is -2.44. The van der Waals surface area contributed by atoms with Gasteiger partial charge in [-0.2, -0.15) is 0 Å². The molecule has 0 aliphatic heterocycles. The maximum absolute atomic E-state index is 11.8. The first-order valence-electron chi connectivity index (χ1n) is 6.10. The van der Waals surface area contributed by atoms with Gasteiger partial charge >= 0.3 is 5.97 Å².